The molecule has 7 rings (SSSR count). The van der Waals surface area contributed by atoms with E-state index in [4.69, 9.17) is 9.97 Å². The molecule has 4 aromatic carbocycles. The number of allylic oxidation sites excluding steroid dienone is 2. The maximum atomic E-state index is 14.9. The molecule has 2 unspecified atom stereocenters. The Morgan fingerprint density at radius 3 is 2.30 bits per heavy atom. The van der Waals surface area contributed by atoms with Crippen LogP contribution in [0.2, 0.25) is 0 Å². The predicted octanol–water partition coefficient (Wildman–Crippen LogP) is 8.50. The summed E-state index contributed by atoms with van der Waals surface area (Å²) in [6.07, 6.45) is 9.64. The second-order valence-corrected chi connectivity index (χ2v) is 11.8. The first-order chi connectivity index (χ1) is 20.9. The zero-order valence-corrected chi connectivity index (χ0v) is 25.2. The largest absolute Gasteiger partial charge is 0.375 e. The summed E-state index contributed by atoms with van der Waals surface area (Å²) in [5.41, 5.74) is 9.05. The molecular formula is C38H36N4O. The van der Waals surface area contributed by atoms with E-state index in [0.717, 1.165) is 80.4 Å². The number of aromatic nitrogens is 2. The molecule has 1 N–H and O–H groups in total. The molecule has 0 bridgehead atoms. The van der Waals surface area contributed by atoms with Crippen LogP contribution in [0, 0.1) is 12.8 Å². The maximum Gasteiger partial charge on any atom is 0.175 e. The van der Waals surface area contributed by atoms with Crippen molar-refractivity contribution in [2.75, 3.05) is 18.4 Å². The molecular weight excluding hydrogens is 528 g/mol. The third-order valence-electron chi connectivity index (χ3n) is 9.22. The molecule has 2 aliphatic carbocycles. The number of hydrogen-bond donors (Lipinski definition) is 1. The van der Waals surface area contributed by atoms with Crippen molar-refractivity contribution in [3.05, 3.63) is 119 Å². The van der Waals surface area contributed by atoms with Gasteiger partial charge in [0, 0.05) is 35.4 Å². The van der Waals surface area contributed by atoms with E-state index in [-0.39, 0.29) is 5.78 Å². The van der Waals surface area contributed by atoms with Crippen molar-refractivity contribution in [3.8, 4) is 0 Å². The number of carbonyl (C=O) groups excluding carboxylic acids is 1. The summed E-state index contributed by atoms with van der Waals surface area (Å²) in [6.45, 7) is 10.2. The highest BCUT2D eigenvalue weighted by Crippen LogP contribution is 2.45. The summed E-state index contributed by atoms with van der Waals surface area (Å²) in [4.78, 5) is 27.2. The summed E-state index contributed by atoms with van der Waals surface area (Å²) in [6, 6.07) is 24.5. The van der Waals surface area contributed by atoms with E-state index in [1.807, 2.05) is 36.4 Å². The predicted molar refractivity (Wildman–Crippen MR) is 178 cm³/mol. The summed E-state index contributed by atoms with van der Waals surface area (Å²) in [5, 5.41) is 5.93. The Morgan fingerprint density at radius 1 is 0.860 bits per heavy atom. The van der Waals surface area contributed by atoms with Gasteiger partial charge in [0.1, 0.15) is 0 Å². The fourth-order valence-corrected chi connectivity index (χ4v) is 6.85. The Labute approximate surface area is 252 Å². The molecule has 2 aliphatic rings. The van der Waals surface area contributed by atoms with Crippen molar-refractivity contribution in [2.45, 2.75) is 39.7 Å². The minimum absolute atomic E-state index is 0.143. The average molecular weight is 565 g/mol. The quantitative estimate of drug-likeness (QED) is 0.166. The number of carbonyl (C=O) groups is 1. The smallest absolute Gasteiger partial charge is 0.175 e. The van der Waals surface area contributed by atoms with Crippen LogP contribution in [0.5, 0.6) is 0 Å². The van der Waals surface area contributed by atoms with Gasteiger partial charge >= 0.3 is 0 Å². The van der Waals surface area contributed by atoms with Crippen molar-refractivity contribution < 1.29 is 4.79 Å². The number of benzene rings is 4. The number of nitrogens with zero attached hydrogens (tertiary/aromatic N) is 3. The molecule has 1 aromatic heterocycles. The van der Waals surface area contributed by atoms with Crippen LogP contribution in [0.3, 0.4) is 0 Å². The number of aryl methyl sites for hydroxylation is 1. The standard InChI is InChI=1S/C38H36N4O/c1-5-42(6-2)34-23-29-26-17-18-33-36(40-32-14-10-9-13-31(32)39-33)27(26)15-16-28(29)37(43)35(34)38(21-19-24(3)20-22-38)41-30-12-8-7-11-25(30)4/h7-21,23,35,41H,5-6,22H2,1-4H3. The van der Waals surface area contributed by atoms with Crippen LogP contribution in [-0.4, -0.2) is 39.3 Å². The lowest BCUT2D eigenvalue weighted by Crippen LogP contribution is -2.52. The number of ketones is 1. The molecule has 1 heterocycles. The van der Waals surface area contributed by atoms with Crippen LogP contribution in [0.4, 0.5) is 5.69 Å². The van der Waals surface area contributed by atoms with Gasteiger partial charge in [-0.05, 0) is 81.0 Å². The van der Waals surface area contributed by atoms with Gasteiger partial charge in [0.15, 0.2) is 5.78 Å². The van der Waals surface area contributed by atoms with E-state index in [1.54, 1.807) is 0 Å². The molecule has 0 fully saturated rings. The van der Waals surface area contributed by atoms with Gasteiger partial charge < -0.3 is 10.2 Å². The third-order valence-corrected chi connectivity index (χ3v) is 9.22. The molecule has 5 nitrogen and oxygen atoms in total. The van der Waals surface area contributed by atoms with Gasteiger partial charge in [-0.15, -0.1) is 0 Å². The summed E-state index contributed by atoms with van der Waals surface area (Å²) >= 11 is 0. The van der Waals surface area contributed by atoms with Crippen molar-refractivity contribution in [1.29, 1.82) is 0 Å². The number of fused-ring (bicyclic) bond motifs is 6. The number of nitrogens with one attached hydrogen (secondary N) is 1. The highest BCUT2D eigenvalue weighted by molar-refractivity contribution is 6.16. The van der Waals surface area contributed by atoms with Crippen LogP contribution < -0.4 is 5.32 Å². The molecule has 5 aromatic rings. The zero-order chi connectivity index (χ0) is 29.7. The molecule has 2 atom stereocenters. The first kappa shape index (κ1) is 27.1. The minimum atomic E-state index is -0.614. The first-order valence-corrected chi connectivity index (χ1v) is 15.2. The summed E-state index contributed by atoms with van der Waals surface area (Å²) < 4.78 is 0. The Kier molecular flexibility index (Phi) is 6.61. The second kappa shape index (κ2) is 10.5. The lowest BCUT2D eigenvalue weighted by atomic mass is 9.68. The molecule has 0 spiro atoms. The molecule has 5 heteroatoms. The Bertz CT molecular complexity index is 2020. The number of hydrogen-bond acceptors (Lipinski definition) is 5. The van der Waals surface area contributed by atoms with Crippen LogP contribution in [-0.2, 0) is 0 Å². The van der Waals surface area contributed by atoms with Gasteiger partial charge in [0.2, 0.25) is 0 Å². The van der Waals surface area contributed by atoms with Crippen molar-refractivity contribution >= 4 is 50.4 Å². The monoisotopic (exact) mass is 564 g/mol. The average Bonchev–Trinajstić information content (AvgIpc) is 3.03. The van der Waals surface area contributed by atoms with E-state index >= 15 is 0 Å². The fraction of sp³-hybridized carbons (Fsp3) is 0.237. The maximum absolute atomic E-state index is 14.9. The van der Waals surface area contributed by atoms with Crippen molar-refractivity contribution in [1.82, 2.24) is 14.9 Å². The lowest BCUT2D eigenvalue weighted by Gasteiger charge is -2.46. The van der Waals surface area contributed by atoms with Gasteiger partial charge in [-0.3, -0.25) is 4.79 Å². The Morgan fingerprint density at radius 2 is 1.58 bits per heavy atom. The molecule has 0 amide bonds. The summed E-state index contributed by atoms with van der Waals surface area (Å²) in [7, 11) is 0. The van der Waals surface area contributed by atoms with Crippen LogP contribution >= 0.6 is 0 Å². The van der Waals surface area contributed by atoms with Gasteiger partial charge in [-0.2, -0.15) is 0 Å². The minimum Gasteiger partial charge on any atom is -0.375 e. The number of Topliss-reactive ketones (excluding diaryl/α,β-unsaturated/α-hetero) is 1. The van der Waals surface area contributed by atoms with E-state index in [1.165, 1.54) is 5.57 Å². The Hall–Kier alpha value is -4.77. The van der Waals surface area contributed by atoms with Crippen LogP contribution in [0.1, 0.15) is 48.7 Å². The van der Waals surface area contributed by atoms with Gasteiger partial charge in [-0.1, -0.05) is 72.3 Å². The molecule has 214 valence electrons. The second-order valence-electron chi connectivity index (χ2n) is 11.8. The van der Waals surface area contributed by atoms with Gasteiger partial charge in [-0.25, -0.2) is 9.97 Å². The zero-order valence-electron chi connectivity index (χ0n) is 25.2. The first-order valence-electron chi connectivity index (χ1n) is 15.2. The number of anilines is 1. The molecule has 0 saturated heterocycles. The number of para-hydroxylation sites is 3. The lowest BCUT2D eigenvalue weighted by molar-refractivity contribution is 0.0881. The van der Waals surface area contributed by atoms with Crippen molar-refractivity contribution in [2.24, 2.45) is 5.92 Å². The van der Waals surface area contributed by atoms with Gasteiger partial charge in [0.25, 0.3) is 0 Å². The van der Waals surface area contributed by atoms with E-state index < -0.39 is 11.5 Å². The third kappa shape index (κ3) is 4.42. The molecule has 0 radical (unpaired) electrons. The number of rotatable bonds is 6. The van der Waals surface area contributed by atoms with Crippen LogP contribution in [0.15, 0.2) is 102 Å². The van der Waals surface area contributed by atoms with E-state index in [9.17, 15) is 4.79 Å². The van der Waals surface area contributed by atoms with Gasteiger partial charge in [0.05, 0.1) is 33.5 Å². The van der Waals surface area contributed by atoms with Crippen molar-refractivity contribution in [3.63, 3.8) is 0 Å². The molecule has 43 heavy (non-hydrogen) atoms. The molecule has 0 saturated carbocycles. The fourth-order valence-electron chi connectivity index (χ4n) is 6.85. The highest BCUT2D eigenvalue weighted by atomic mass is 16.1. The van der Waals surface area contributed by atoms with Crippen LogP contribution in [0.25, 0.3) is 38.9 Å². The SMILES string of the molecule is CCN(CC)C1=Cc2c(ccc3c2ccc2nc4ccccc4nc23)C(=O)C1C1(Nc2ccccc2C)C=CC(C)=CC1. The van der Waals surface area contributed by atoms with E-state index in [0.29, 0.717) is 0 Å². The van der Waals surface area contributed by atoms with E-state index in [2.05, 4.69) is 98.6 Å². The molecule has 0 aliphatic heterocycles. The normalized spacial score (nSPS) is 19.8. The highest BCUT2D eigenvalue weighted by Gasteiger charge is 2.47. The summed E-state index contributed by atoms with van der Waals surface area (Å²) in [5.74, 6) is -0.258. The Balaban J connectivity index is 1.45. The topological polar surface area (TPSA) is 58.1 Å².